The summed E-state index contributed by atoms with van der Waals surface area (Å²) in [6, 6.07) is 11.0. The van der Waals surface area contributed by atoms with Gasteiger partial charge in [-0.1, -0.05) is 31.0 Å². The number of hydrogen-bond donors (Lipinski definition) is 2. The summed E-state index contributed by atoms with van der Waals surface area (Å²) in [6.07, 6.45) is 5.86. The summed E-state index contributed by atoms with van der Waals surface area (Å²) in [5, 5.41) is 12.3. The monoisotopic (exact) mass is 715 g/mol. The van der Waals surface area contributed by atoms with E-state index < -0.39 is 26.8 Å². The zero-order chi connectivity index (χ0) is 35.7. The van der Waals surface area contributed by atoms with Crippen LogP contribution in [-0.4, -0.2) is 66.8 Å². The van der Waals surface area contributed by atoms with Gasteiger partial charge in [-0.2, -0.15) is 0 Å². The molecule has 2 amide bonds. The summed E-state index contributed by atoms with van der Waals surface area (Å²) in [7, 11) is -2.21. The van der Waals surface area contributed by atoms with E-state index in [1.165, 1.54) is 0 Å². The minimum Gasteiger partial charge on any atom is -0.487 e. The van der Waals surface area contributed by atoms with E-state index in [0.29, 0.717) is 55.4 Å². The molecule has 3 aliphatic rings. The van der Waals surface area contributed by atoms with Gasteiger partial charge in [-0.25, -0.2) is 13.1 Å². The number of anilines is 1. The lowest BCUT2D eigenvalue weighted by Crippen LogP contribution is -2.54. The van der Waals surface area contributed by atoms with Gasteiger partial charge >= 0.3 is 0 Å². The number of halogens is 1. The first-order valence-electron chi connectivity index (χ1n) is 17.8. The molecule has 2 aliphatic heterocycles. The topological polar surface area (TPSA) is 116 Å². The van der Waals surface area contributed by atoms with Gasteiger partial charge in [0, 0.05) is 36.3 Å². The van der Waals surface area contributed by atoms with Gasteiger partial charge in [0.25, 0.3) is 5.91 Å². The van der Waals surface area contributed by atoms with Gasteiger partial charge in [0.2, 0.25) is 15.9 Å². The molecule has 49 heavy (non-hydrogen) atoms. The van der Waals surface area contributed by atoms with Crippen molar-refractivity contribution in [2.75, 3.05) is 25.0 Å². The number of aliphatic hydroxyl groups is 1. The molecule has 0 aromatic heterocycles. The van der Waals surface area contributed by atoms with E-state index >= 15 is 0 Å². The summed E-state index contributed by atoms with van der Waals surface area (Å²) in [5.74, 6) is -0.427. The first-order chi connectivity index (χ1) is 23.0. The number of ether oxygens (including phenoxy) is 1. The van der Waals surface area contributed by atoms with Crippen LogP contribution < -0.4 is 14.4 Å². The molecule has 9 nitrogen and oxygen atoms in total. The van der Waals surface area contributed by atoms with Gasteiger partial charge in [0.1, 0.15) is 12.4 Å². The SMILES string of the molecule is C[C@@H]1[C@@H](C)CCC[C@@](O)(CC(=O)N(C)C(C)(C)C)[C@@H]2CC[C@H]2CN2CCCCc3cc(Cl)ccc3COc3ccc(cc32)C(=O)NS1(=O)=O. The minimum atomic E-state index is -4.00. The second-order valence-corrected chi connectivity index (χ2v) is 18.2. The Labute approximate surface area is 297 Å². The van der Waals surface area contributed by atoms with Gasteiger partial charge in [0.05, 0.1) is 23.0 Å². The number of hydrogen-bond acceptors (Lipinski definition) is 7. The molecule has 11 heteroatoms. The van der Waals surface area contributed by atoms with Crippen molar-refractivity contribution in [2.45, 2.75) is 115 Å². The molecule has 2 bridgehead atoms. The second kappa shape index (κ2) is 14.8. The van der Waals surface area contributed by atoms with Crippen molar-refractivity contribution in [1.29, 1.82) is 0 Å². The molecule has 5 atom stereocenters. The fourth-order valence-corrected chi connectivity index (χ4v) is 9.07. The molecule has 2 heterocycles. The Hall–Kier alpha value is -2.82. The van der Waals surface area contributed by atoms with Gasteiger partial charge < -0.3 is 19.6 Å². The van der Waals surface area contributed by atoms with Crippen molar-refractivity contribution >= 4 is 39.1 Å². The number of benzene rings is 2. The summed E-state index contributed by atoms with van der Waals surface area (Å²) in [5.41, 5.74) is 1.52. The van der Waals surface area contributed by atoms with Crippen LogP contribution in [0.1, 0.15) is 107 Å². The highest BCUT2D eigenvalue weighted by molar-refractivity contribution is 7.90. The van der Waals surface area contributed by atoms with Crippen molar-refractivity contribution in [2.24, 2.45) is 17.8 Å². The van der Waals surface area contributed by atoms with E-state index in [9.17, 15) is 23.1 Å². The quantitative estimate of drug-likeness (QED) is 0.354. The second-order valence-electron chi connectivity index (χ2n) is 15.7. The van der Waals surface area contributed by atoms with Gasteiger partial charge in [-0.05, 0) is 132 Å². The van der Waals surface area contributed by atoms with Crippen LogP contribution >= 0.6 is 11.6 Å². The standard InChI is InChI=1S/C38H54ClN3O6S/c1-25-10-9-18-38(45,22-35(43)41(6)37(3,4)5)32-16-13-29(32)23-42-19-8-7-11-27-20-31(39)15-12-30(27)24-48-34-17-14-28(21-33(34)42)36(44)40-49(46,47)26(25)2/h12,14-15,17,20-21,25-26,29,32,45H,7-11,13,16,18-19,22-24H2,1-6H3,(H,40,44)/t25-,26+,29-,32+,38+/m0/s1. The van der Waals surface area contributed by atoms with Crippen LogP contribution in [0.25, 0.3) is 0 Å². The Bertz CT molecular complexity index is 1640. The number of nitrogens with zero attached hydrogens (tertiary/aromatic N) is 2. The van der Waals surface area contributed by atoms with Gasteiger partial charge in [-0.3, -0.25) is 9.59 Å². The zero-order valence-corrected chi connectivity index (χ0v) is 31.5. The van der Waals surface area contributed by atoms with E-state index in [0.717, 1.165) is 43.2 Å². The highest BCUT2D eigenvalue weighted by Gasteiger charge is 2.48. The number of sulfonamides is 1. The minimum absolute atomic E-state index is 0.0187. The van der Waals surface area contributed by atoms with Crippen LogP contribution in [0.4, 0.5) is 5.69 Å². The Morgan fingerprint density at radius 2 is 1.84 bits per heavy atom. The summed E-state index contributed by atoms with van der Waals surface area (Å²) in [6.45, 7) is 11.0. The van der Waals surface area contributed by atoms with E-state index in [1.807, 2.05) is 45.9 Å². The average molecular weight is 716 g/mol. The third kappa shape index (κ3) is 8.56. The number of rotatable bonds is 2. The molecule has 0 saturated heterocycles. The normalized spacial score (nSPS) is 28.0. The largest absolute Gasteiger partial charge is 0.487 e. The third-order valence-corrected chi connectivity index (χ3v) is 13.6. The van der Waals surface area contributed by atoms with Crippen molar-refractivity contribution in [3.8, 4) is 5.75 Å². The van der Waals surface area contributed by atoms with E-state index in [-0.39, 0.29) is 41.2 Å². The lowest BCUT2D eigenvalue weighted by Gasteiger charge is -2.50. The Morgan fingerprint density at radius 1 is 1.08 bits per heavy atom. The fourth-order valence-electron chi connectivity index (χ4n) is 7.57. The summed E-state index contributed by atoms with van der Waals surface area (Å²) < 4.78 is 35.7. The molecule has 270 valence electrons. The smallest absolute Gasteiger partial charge is 0.264 e. The van der Waals surface area contributed by atoms with Gasteiger partial charge in [-0.15, -0.1) is 0 Å². The highest BCUT2D eigenvalue weighted by Crippen LogP contribution is 2.48. The predicted molar refractivity (Wildman–Crippen MR) is 195 cm³/mol. The Morgan fingerprint density at radius 3 is 2.53 bits per heavy atom. The fraction of sp³-hybridized carbons (Fsp3) is 0.632. The van der Waals surface area contributed by atoms with Crippen LogP contribution in [0.3, 0.4) is 0 Å². The number of nitrogens with one attached hydrogen (secondary N) is 1. The Balaban J connectivity index is 1.55. The first-order valence-corrected chi connectivity index (χ1v) is 19.7. The molecule has 0 radical (unpaired) electrons. The van der Waals surface area contributed by atoms with Gasteiger partial charge in [0.15, 0.2) is 0 Å². The van der Waals surface area contributed by atoms with E-state index in [4.69, 9.17) is 16.3 Å². The van der Waals surface area contributed by atoms with Crippen LogP contribution in [0.5, 0.6) is 5.75 Å². The van der Waals surface area contributed by atoms with Crippen molar-refractivity contribution in [3.05, 3.63) is 58.1 Å². The molecule has 2 aromatic carbocycles. The first kappa shape index (κ1) is 37.4. The molecule has 1 saturated carbocycles. The molecule has 2 N–H and O–H groups in total. The highest BCUT2D eigenvalue weighted by atomic mass is 35.5. The predicted octanol–water partition coefficient (Wildman–Crippen LogP) is 6.73. The van der Waals surface area contributed by atoms with E-state index in [2.05, 4.69) is 9.62 Å². The van der Waals surface area contributed by atoms with Crippen molar-refractivity contribution < 1.29 is 27.9 Å². The maximum absolute atomic E-state index is 13.6. The molecule has 1 aliphatic carbocycles. The molecular formula is C38H54ClN3O6S. The average Bonchev–Trinajstić information content (AvgIpc) is 3.04. The van der Waals surface area contributed by atoms with Crippen LogP contribution in [0, 0.1) is 17.8 Å². The van der Waals surface area contributed by atoms with Crippen molar-refractivity contribution in [1.82, 2.24) is 9.62 Å². The molecular weight excluding hydrogens is 662 g/mol. The third-order valence-electron chi connectivity index (χ3n) is 11.4. The number of carbonyl (C=O) groups is 2. The number of fused-ring (bicyclic) bond motifs is 3. The van der Waals surface area contributed by atoms with E-state index in [1.54, 1.807) is 37.1 Å². The molecule has 5 rings (SSSR count). The lowest BCUT2D eigenvalue weighted by atomic mass is 9.62. The molecule has 0 unspecified atom stereocenters. The number of carbonyl (C=O) groups excluding carboxylic acids is 2. The lowest BCUT2D eigenvalue weighted by molar-refractivity contribution is -0.148. The van der Waals surface area contributed by atoms with Crippen molar-refractivity contribution in [3.63, 3.8) is 0 Å². The van der Waals surface area contributed by atoms with Crippen LogP contribution in [0.15, 0.2) is 36.4 Å². The maximum Gasteiger partial charge on any atom is 0.264 e. The summed E-state index contributed by atoms with van der Waals surface area (Å²) in [4.78, 5) is 31.1. The maximum atomic E-state index is 13.6. The molecule has 2 aromatic rings. The van der Waals surface area contributed by atoms with Crippen LogP contribution in [-0.2, 0) is 27.8 Å². The summed E-state index contributed by atoms with van der Waals surface area (Å²) >= 11 is 6.35. The zero-order valence-electron chi connectivity index (χ0n) is 29.9. The van der Waals surface area contributed by atoms with Crippen LogP contribution in [0.2, 0.25) is 5.02 Å². The number of amides is 2. The Kier molecular flexibility index (Phi) is 11.3. The molecule has 0 spiro atoms. The number of aryl methyl sites for hydroxylation is 1. The molecule has 1 fully saturated rings.